The van der Waals surface area contributed by atoms with Gasteiger partial charge in [0.15, 0.2) is 0 Å². The number of para-hydroxylation sites is 1. The van der Waals surface area contributed by atoms with Gasteiger partial charge in [0.05, 0.1) is 19.1 Å². The number of ether oxygens (including phenoxy) is 1. The Kier molecular flexibility index (Phi) is 10.9. The summed E-state index contributed by atoms with van der Waals surface area (Å²) in [6.45, 7) is 7.17. The van der Waals surface area contributed by atoms with Crippen LogP contribution in [0.15, 0.2) is 72.8 Å². The topological polar surface area (TPSA) is 96.0 Å². The third-order valence-electron chi connectivity index (χ3n) is 7.13. The Labute approximate surface area is 244 Å². The molecule has 0 aliphatic heterocycles. The maximum atomic E-state index is 14.3. The number of carbonyl (C=O) groups excluding carboxylic acids is 2. The minimum Gasteiger partial charge on any atom is -0.497 e. The first-order valence-electron chi connectivity index (χ1n) is 13.7. The molecule has 2 atom stereocenters. The number of rotatable bonds is 13. The zero-order chi connectivity index (χ0) is 30.2. The van der Waals surface area contributed by atoms with Gasteiger partial charge in [-0.1, -0.05) is 67.6 Å². The Balaban J connectivity index is 2.11. The Morgan fingerprint density at radius 2 is 1.54 bits per heavy atom. The van der Waals surface area contributed by atoms with E-state index in [0.717, 1.165) is 39.2 Å². The largest absolute Gasteiger partial charge is 0.497 e. The molecule has 41 heavy (non-hydrogen) atoms. The van der Waals surface area contributed by atoms with Crippen molar-refractivity contribution in [1.82, 2.24) is 10.2 Å². The van der Waals surface area contributed by atoms with Crippen molar-refractivity contribution in [2.45, 2.75) is 59.2 Å². The van der Waals surface area contributed by atoms with Gasteiger partial charge in [0.1, 0.15) is 18.3 Å². The summed E-state index contributed by atoms with van der Waals surface area (Å²) in [7, 11) is -2.27. The highest BCUT2D eigenvalue weighted by atomic mass is 32.2. The molecule has 2 amide bonds. The fourth-order valence-electron chi connectivity index (χ4n) is 4.74. The molecule has 1 N–H and O–H groups in total. The van der Waals surface area contributed by atoms with Crippen molar-refractivity contribution in [1.29, 1.82) is 0 Å². The second-order valence-electron chi connectivity index (χ2n) is 10.4. The number of anilines is 1. The molecule has 9 heteroatoms. The van der Waals surface area contributed by atoms with Gasteiger partial charge >= 0.3 is 0 Å². The minimum atomic E-state index is -3.84. The second kappa shape index (κ2) is 14.2. The number of nitrogens with zero attached hydrogens (tertiary/aromatic N) is 2. The first kappa shape index (κ1) is 31.7. The van der Waals surface area contributed by atoms with Gasteiger partial charge in [0, 0.05) is 19.0 Å². The van der Waals surface area contributed by atoms with Crippen LogP contribution in [0.2, 0.25) is 0 Å². The van der Waals surface area contributed by atoms with Crippen molar-refractivity contribution < 1.29 is 22.7 Å². The van der Waals surface area contributed by atoms with Crippen LogP contribution >= 0.6 is 0 Å². The van der Waals surface area contributed by atoms with Crippen LogP contribution in [0.3, 0.4) is 0 Å². The summed E-state index contributed by atoms with van der Waals surface area (Å²) in [6, 6.07) is 21.3. The summed E-state index contributed by atoms with van der Waals surface area (Å²) in [5.41, 5.74) is 3.57. The van der Waals surface area contributed by atoms with Crippen LogP contribution in [0.5, 0.6) is 5.75 Å². The van der Waals surface area contributed by atoms with Crippen molar-refractivity contribution in [3.8, 4) is 5.75 Å². The molecule has 0 aliphatic rings. The van der Waals surface area contributed by atoms with E-state index in [1.807, 2.05) is 94.4 Å². The van der Waals surface area contributed by atoms with Gasteiger partial charge < -0.3 is 15.0 Å². The molecule has 0 saturated carbocycles. The monoisotopic (exact) mass is 579 g/mol. The van der Waals surface area contributed by atoms with Crippen molar-refractivity contribution in [3.63, 3.8) is 0 Å². The van der Waals surface area contributed by atoms with Crippen LogP contribution in [-0.4, -0.2) is 57.1 Å². The van der Waals surface area contributed by atoms with Crippen molar-refractivity contribution in [2.75, 3.05) is 24.2 Å². The lowest BCUT2D eigenvalue weighted by molar-refractivity contribution is -0.140. The first-order chi connectivity index (χ1) is 19.4. The number of hydrogen-bond acceptors (Lipinski definition) is 5. The molecule has 0 bridgehead atoms. The Bertz CT molecular complexity index is 1420. The molecule has 220 valence electrons. The normalized spacial score (nSPS) is 12.7. The molecule has 8 nitrogen and oxygen atoms in total. The van der Waals surface area contributed by atoms with Crippen molar-refractivity contribution in [2.24, 2.45) is 0 Å². The van der Waals surface area contributed by atoms with Gasteiger partial charge in [0.25, 0.3) is 0 Å². The van der Waals surface area contributed by atoms with Crippen LogP contribution in [0, 0.1) is 13.8 Å². The standard InChI is InChI=1S/C32H41N3O5S/c1-7-25(4)33-32(37)29(20-26-15-9-8-10-16-26)34(21-27-17-12-18-28(19-27)40-5)30(36)22-35(41(6,38)39)31-23(2)13-11-14-24(31)3/h8-19,25,29H,7,20-22H2,1-6H3,(H,33,37). The zero-order valence-electron chi connectivity index (χ0n) is 24.8. The van der Waals surface area contributed by atoms with Crippen LogP contribution in [0.4, 0.5) is 5.69 Å². The van der Waals surface area contributed by atoms with E-state index in [9.17, 15) is 18.0 Å². The predicted octanol–water partition coefficient (Wildman–Crippen LogP) is 4.63. The molecule has 0 spiro atoms. The molecule has 0 saturated heterocycles. The third-order valence-corrected chi connectivity index (χ3v) is 8.24. The number of amides is 2. The van der Waals surface area contributed by atoms with Crippen LogP contribution in [0.1, 0.15) is 42.5 Å². The van der Waals surface area contributed by atoms with Gasteiger partial charge in [-0.2, -0.15) is 0 Å². The number of nitrogens with one attached hydrogen (secondary N) is 1. The molecule has 0 aliphatic carbocycles. The summed E-state index contributed by atoms with van der Waals surface area (Å²) in [6.07, 6.45) is 2.08. The van der Waals surface area contributed by atoms with Gasteiger partial charge in [-0.25, -0.2) is 8.42 Å². The SMILES string of the molecule is CCC(C)NC(=O)C(Cc1ccccc1)N(Cc1cccc(OC)c1)C(=O)CN(c1c(C)cccc1C)S(C)(=O)=O. The predicted molar refractivity (Wildman–Crippen MR) is 163 cm³/mol. The number of hydrogen-bond donors (Lipinski definition) is 1. The number of sulfonamides is 1. The lowest BCUT2D eigenvalue weighted by atomic mass is 10.0. The minimum absolute atomic E-state index is 0.0891. The molecule has 3 aromatic carbocycles. The molecule has 3 rings (SSSR count). The summed E-state index contributed by atoms with van der Waals surface area (Å²) in [5.74, 6) is -0.162. The van der Waals surface area contributed by atoms with E-state index in [1.165, 1.54) is 4.90 Å². The highest BCUT2D eigenvalue weighted by molar-refractivity contribution is 7.92. The van der Waals surface area contributed by atoms with Gasteiger partial charge in [-0.15, -0.1) is 0 Å². The van der Waals surface area contributed by atoms with Crippen LogP contribution in [0.25, 0.3) is 0 Å². The van der Waals surface area contributed by atoms with E-state index in [2.05, 4.69) is 5.32 Å². The second-order valence-corrected chi connectivity index (χ2v) is 12.3. The van der Waals surface area contributed by atoms with E-state index >= 15 is 0 Å². The third kappa shape index (κ3) is 8.57. The number of methoxy groups -OCH3 is 1. The molecule has 0 aromatic heterocycles. The van der Waals surface area contributed by atoms with Crippen molar-refractivity contribution in [3.05, 3.63) is 95.1 Å². The average Bonchev–Trinajstić information content (AvgIpc) is 2.94. The average molecular weight is 580 g/mol. The van der Waals surface area contributed by atoms with E-state index in [4.69, 9.17) is 4.74 Å². The Morgan fingerprint density at radius 3 is 2.12 bits per heavy atom. The number of benzene rings is 3. The smallest absolute Gasteiger partial charge is 0.244 e. The lowest BCUT2D eigenvalue weighted by Gasteiger charge is -2.34. The summed E-state index contributed by atoms with van der Waals surface area (Å²) in [4.78, 5) is 29.5. The number of carbonyl (C=O) groups is 2. The molecule has 0 heterocycles. The first-order valence-corrected chi connectivity index (χ1v) is 15.6. The molecule has 0 fully saturated rings. The maximum absolute atomic E-state index is 14.3. The quantitative estimate of drug-likeness (QED) is 0.319. The molecule has 3 aromatic rings. The maximum Gasteiger partial charge on any atom is 0.244 e. The van der Waals surface area contributed by atoms with E-state index < -0.39 is 28.5 Å². The molecular weight excluding hydrogens is 538 g/mol. The fourth-order valence-corrected chi connectivity index (χ4v) is 5.70. The van der Waals surface area contributed by atoms with Gasteiger partial charge in [-0.3, -0.25) is 13.9 Å². The van der Waals surface area contributed by atoms with Crippen molar-refractivity contribution >= 4 is 27.5 Å². The number of aryl methyl sites for hydroxylation is 2. The zero-order valence-corrected chi connectivity index (χ0v) is 25.6. The van der Waals surface area contributed by atoms with E-state index in [0.29, 0.717) is 11.4 Å². The van der Waals surface area contributed by atoms with Crippen LogP contribution in [-0.2, 0) is 32.6 Å². The van der Waals surface area contributed by atoms with E-state index in [-0.39, 0.29) is 24.9 Å². The highest BCUT2D eigenvalue weighted by Crippen LogP contribution is 2.27. The molecular formula is C32H41N3O5S. The van der Waals surface area contributed by atoms with Crippen LogP contribution < -0.4 is 14.4 Å². The fraction of sp³-hybridized carbons (Fsp3) is 0.375. The van der Waals surface area contributed by atoms with Gasteiger partial charge in [-0.05, 0) is 61.6 Å². The molecule has 2 unspecified atom stereocenters. The Morgan fingerprint density at radius 1 is 0.927 bits per heavy atom. The van der Waals surface area contributed by atoms with E-state index in [1.54, 1.807) is 13.2 Å². The lowest BCUT2D eigenvalue weighted by Crippen LogP contribution is -2.54. The highest BCUT2D eigenvalue weighted by Gasteiger charge is 2.34. The summed E-state index contributed by atoms with van der Waals surface area (Å²) in [5, 5.41) is 3.04. The molecule has 0 radical (unpaired) electrons. The summed E-state index contributed by atoms with van der Waals surface area (Å²) >= 11 is 0. The Hall–Kier alpha value is -3.85. The van der Waals surface area contributed by atoms with Gasteiger partial charge in [0.2, 0.25) is 21.8 Å². The summed E-state index contributed by atoms with van der Waals surface area (Å²) < 4.78 is 32.7.